The van der Waals surface area contributed by atoms with Crippen molar-refractivity contribution in [3.05, 3.63) is 234 Å². The van der Waals surface area contributed by atoms with E-state index in [1.165, 1.54) is 33.4 Å². The zero-order valence-corrected chi connectivity index (χ0v) is 32.8. The minimum atomic E-state index is -0.651. The molecule has 0 amide bonds. The van der Waals surface area contributed by atoms with Crippen molar-refractivity contribution in [2.24, 2.45) is 0 Å². The van der Waals surface area contributed by atoms with Crippen molar-refractivity contribution in [2.45, 2.75) is 24.7 Å². The van der Waals surface area contributed by atoms with Crippen molar-refractivity contribution < 1.29 is 4.74 Å². The van der Waals surface area contributed by atoms with Crippen LogP contribution in [0.5, 0.6) is 11.5 Å². The monoisotopic (exact) mass is 757 g/mol. The molecule has 4 heteroatoms. The maximum Gasteiger partial charge on any atom is 0.164 e. The van der Waals surface area contributed by atoms with E-state index in [0.29, 0.717) is 17.5 Å². The van der Waals surface area contributed by atoms with Crippen molar-refractivity contribution in [2.75, 3.05) is 0 Å². The van der Waals surface area contributed by atoms with Crippen LogP contribution in [-0.4, -0.2) is 15.0 Å². The molecule has 59 heavy (non-hydrogen) atoms. The zero-order chi connectivity index (χ0) is 39.6. The molecule has 2 heterocycles. The average Bonchev–Trinajstić information content (AvgIpc) is 3.31. The Kier molecular flexibility index (Phi) is 8.02. The van der Waals surface area contributed by atoms with Gasteiger partial charge in [-0.1, -0.05) is 196 Å². The van der Waals surface area contributed by atoms with E-state index in [-0.39, 0.29) is 5.41 Å². The summed E-state index contributed by atoms with van der Waals surface area (Å²) in [6.45, 7) is 4.68. The Labute approximate surface area is 344 Å². The highest BCUT2D eigenvalue weighted by Gasteiger charge is 2.52. The van der Waals surface area contributed by atoms with Gasteiger partial charge in [-0.2, -0.15) is 0 Å². The third-order valence-electron chi connectivity index (χ3n) is 12.3. The molecule has 0 N–H and O–H groups in total. The van der Waals surface area contributed by atoms with Crippen molar-refractivity contribution >= 4 is 0 Å². The molecule has 8 aromatic carbocycles. The molecule has 280 valence electrons. The summed E-state index contributed by atoms with van der Waals surface area (Å²) < 4.78 is 6.67. The molecule has 2 aliphatic rings. The molecule has 1 aliphatic heterocycles. The quantitative estimate of drug-likeness (QED) is 0.175. The van der Waals surface area contributed by atoms with E-state index in [9.17, 15) is 0 Å². The first-order valence-corrected chi connectivity index (χ1v) is 20.2. The fraction of sp³-hybridized carbons (Fsp3) is 0.0727. The number of aromatic nitrogens is 3. The lowest BCUT2D eigenvalue weighted by molar-refractivity contribution is 0.425. The van der Waals surface area contributed by atoms with Gasteiger partial charge in [0.2, 0.25) is 0 Å². The molecule has 0 radical (unpaired) electrons. The normalized spacial score (nSPS) is 14.0. The van der Waals surface area contributed by atoms with E-state index in [0.717, 1.165) is 50.4 Å². The van der Waals surface area contributed by atoms with Crippen LogP contribution in [0.25, 0.3) is 56.4 Å². The number of nitrogens with zero attached hydrogens (tertiary/aromatic N) is 3. The number of hydrogen-bond acceptors (Lipinski definition) is 4. The first-order chi connectivity index (χ1) is 29.0. The van der Waals surface area contributed by atoms with E-state index in [1.807, 2.05) is 12.1 Å². The minimum Gasteiger partial charge on any atom is -0.457 e. The molecule has 0 unspecified atom stereocenters. The summed E-state index contributed by atoms with van der Waals surface area (Å²) in [6.07, 6.45) is 0. The van der Waals surface area contributed by atoms with Crippen molar-refractivity contribution in [3.63, 3.8) is 0 Å². The number of benzene rings is 8. The van der Waals surface area contributed by atoms with Gasteiger partial charge in [0, 0.05) is 33.2 Å². The van der Waals surface area contributed by atoms with Gasteiger partial charge in [-0.25, -0.2) is 15.0 Å². The fourth-order valence-corrected chi connectivity index (χ4v) is 9.41. The standard InChI is InChI=1S/C55H39N3O/c1-54(2)43-19-9-10-20-45(43)55(46-21-11-13-23-49(46)59-50-24-14-12-22-47(50)55)48-35-42(33-34-44(48)54)53-57-51(40-29-25-38(26-30-40)36-15-5-3-6-16-36)56-52(58-53)41-31-27-39(28-32-41)37-17-7-4-8-18-37/h3-35H,1-2H3. The highest BCUT2D eigenvalue weighted by atomic mass is 16.5. The van der Waals surface area contributed by atoms with Crippen LogP contribution in [0.2, 0.25) is 0 Å². The van der Waals surface area contributed by atoms with E-state index >= 15 is 0 Å². The Balaban J connectivity index is 1.13. The SMILES string of the molecule is CC1(C)c2ccccc2C2(c3ccccc3Oc3ccccc32)c2cc(-c3nc(-c4ccc(-c5ccccc5)cc4)nc(-c4ccc(-c5ccccc5)cc4)n3)ccc21. The summed E-state index contributed by atoms with van der Waals surface area (Å²) in [5.41, 5.74) is 13.7. The Morgan fingerprint density at radius 2 is 0.661 bits per heavy atom. The van der Waals surface area contributed by atoms with Gasteiger partial charge in [-0.05, 0) is 62.7 Å². The molecule has 0 atom stereocenters. The second-order valence-corrected chi connectivity index (χ2v) is 16.0. The van der Waals surface area contributed by atoms with Gasteiger partial charge in [0.15, 0.2) is 17.5 Å². The lowest BCUT2D eigenvalue weighted by atomic mass is 9.53. The fourth-order valence-electron chi connectivity index (χ4n) is 9.41. The van der Waals surface area contributed by atoms with Gasteiger partial charge in [-0.15, -0.1) is 0 Å². The molecule has 1 aliphatic carbocycles. The highest BCUT2D eigenvalue weighted by Crippen LogP contribution is 2.61. The van der Waals surface area contributed by atoms with Crippen molar-refractivity contribution in [1.29, 1.82) is 0 Å². The molecule has 0 saturated carbocycles. The Morgan fingerprint density at radius 1 is 0.305 bits per heavy atom. The lowest BCUT2D eigenvalue weighted by Gasteiger charge is -2.50. The lowest BCUT2D eigenvalue weighted by Crippen LogP contribution is -2.43. The molecule has 1 aromatic heterocycles. The van der Waals surface area contributed by atoms with Crippen LogP contribution in [0.4, 0.5) is 0 Å². The topological polar surface area (TPSA) is 47.9 Å². The second kappa shape index (κ2) is 13.6. The van der Waals surface area contributed by atoms with Crippen LogP contribution in [-0.2, 0) is 10.8 Å². The van der Waals surface area contributed by atoms with Crippen LogP contribution in [0.15, 0.2) is 200 Å². The summed E-state index contributed by atoms with van der Waals surface area (Å²) in [4.78, 5) is 15.7. The number of para-hydroxylation sites is 2. The van der Waals surface area contributed by atoms with Gasteiger partial charge in [0.25, 0.3) is 0 Å². The van der Waals surface area contributed by atoms with Crippen molar-refractivity contribution in [3.8, 4) is 67.9 Å². The van der Waals surface area contributed by atoms with Gasteiger partial charge in [0.1, 0.15) is 11.5 Å². The van der Waals surface area contributed by atoms with Gasteiger partial charge < -0.3 is 4.74 Å². The Morgan fingerprint density at radius 3 is 1.17 bits per heavy atom. The van der Waals surface area contributed by atoms with Gasteiger partial charge >= 0.3 is 0 Å². The maximum atomic E-state index is 6.67. The third kappa shape index (κ3) is 5.55. The van der Waals surface area contributed by atoms with Crippen molar-refractivity contribution in [1.82, 2.24) is 15.0 Å². The summed E-state index contributed by atoms with van der Waals surface area (Å²) in [6, 6.07) is 70.7. The number of rotatable bonds is 5. The molecule has 0 bridgehead atoms. The smallest absolute Gasteiger partial charge is 0.164 e. The Hall–Kier alpha value is -7.43. The summed E-state index contributed by atoms with van der Waals surface area (Å²) >= 11 is 0. The number of ether oxygens (including phenoxy) is 1. The Bertz CT molecular complexity index is 2880. The molecular weight excluding hydrogens is 719 g/mol. The predicted molar refractivity (Wildman–Crippen MR) is 238 cm³/mol. The highest BCUT2D eigenvalue weighted by molar-refractivity contribution is 5.78. The van der Waals surface area contributed by atoms with E-state index in [4.69, 9.17) is 19.7 Å². The molecule has 9 aromatic rings. The average molecular weight is 758 g/mol. The van der Waals surface area contributed by atoms with Crippen LogP contribution in [0.3, 0.4) is 0 Å². The summed E-state index contributed by atoms with van der Waals surface area (Å²) in [5, 5.41) is 0. The van der Waals surface area contributed by atoms with E-state index in [1.54, 1.807) is 0 Å². The molecule has 0 fully saturated rings. The largest absolute Gasteiger partial charge is 0.457 e. The maximum absolute atomic E-state index is 6.67. The first-order valence-electron chi connectivity index (χ1n) is 20.2. The number of hydrogen-bond donors (Lipinski definition) is 0. The minimum absolute atomic E-state index is 0.283. The van der Waals surface area contributed by atoms with Crippen LogP contribution < -0.4 is 4.74 Å². The first kappa shape index (κ1) is 34.8. The predicted octanol–water partition coefficient (Wildman–Crippen LogP) is 13.3. The molecular formula is C55H39N3O. The summed E-state index contributed by atoms with van der Waals surface area (Å²) in [5.74, 6) is 3.58. The number of fused-ring (bicyclic) bond motifs is 8. The molecule has 11 rings (SSSR count). The zero-order valence-electron chi connectivity index (χ0n) is 32.8. The molecule has 1 spiro atoms. The van der Waals surface area contributed by atoms with E-state index < -0.39 is 5.41 Å². The van der Waals surface area contributed by atoms with Crippen LogP contribution in [0, 0.1) is 0 Å². The molecule has 0 saturated heterocycles. The second-order valence-electron chi connectivity index (χ2n) is 16.0. The summed E-state index contributed by atoms with van der Waals surface area (Å²) in [7, 11) is 0. The van der Waals surface area contributed by atoms with Crippen LogP contribution in [0.1, 0.15) is 47.2 Å². The van der Waals surface area contributed by atoms with Crippen LogP contribution >= 0.6 is 0 Å². The molecule has 4 nitrogen and oxygen atoms in total. The third-order valence-corrected chi connectivity index (χ3v) is 12.3. The van der Waals surface area contributed by atoms with Gasteiger partial charge in [-0.3, -0.25) is 0 Å². The van der Waals surface area contributed by atoms with Gasteiger partial charge in [0.05, 0.1) is 5.41 Å². The van der Waals surface area contributed by atoms with E-state index in [2.05, 4.69) is 202 Å².